The number of aliphatic hydroxyl groups excluding tert-OH is 1. The van der Waals surface area contributed by atoms with Gasteiger partial charge >= 0.3 is 0 Å². The second-order valence-corrected chi connectivity index (χ2v) is 4.46. The van der Waals surface area contributed by atoms with Crippen LogP contribution in [0.2, 0.25) is 0 Å². The van der Waals surface area contributed by atoms with Crippen LogP contribution in [0.15, 0.2) is 42.7 Å². The Balaban J connectivity index is 2.17. The molecule has 0 saturated heterocycles. The summed E-state index contributed by atoms with van der Waals surface area (Å²) in [5.74, 6) is 0. The lowest BCUT2D eigenvalue weighted by atomic mass is 10.0. The highest BCUT2D eigenvalue weighted by Gasteiger charge is 2.15. The van der Waals surface area contributed by atoms with Gasteiger partial charge in [-0.15, -0.1) is 5.10 Å². The Bertz CT molecular complexity index is 634. The fraction of sp³-hybridized carbons (Fsp3) is 0.0833. The second-order valence-electron chi connectivity index (χ2n) is 3.64. The first-order valence-electron chi connectivity index (χ1n) is 5.15. The van der Waals surface area contributed by atoms with Gasteiger partial charge in [0.25, 0.3) is 0 Å². The Hall–Kier alpha value is -1.85. The SMILES string of the molecule is OC(c1cnns1)c1cccc2ncccc12. The fourth-order valence-electron chi connectivity index (χ4n) is 1.81. The van der Waals surface area contributed by atoms with Crippen LogP contribution in [0.5, 0.6) is 0 Å². The highest BCUT2D eigenvalue weighted by molar-refractivity contribution is 7.05. The molecule has 0 saturated carbocycles. The summed E-state index contributed by atoms with van der Waals surface area (Å²) in [5, 5.41) is 15.0. The van der Waals surface area contributed by atoms with Crippen molar-refractivity contribution < 1.29 is 5.11 Å². The predicted octanol–water partition coefficient (Wildman–Crippen LogP) is 2.17. The van der Waals surface area contributed by atoms with E-state index in [0.717, 1.165) is 21.3 Å². The maximum absolute atomic E-state index is 10.3. The first kappa shape index (κ1) is 10.3. The lowest BCUT2D eigenvalue weighted by molar-refractivity contribution is 0.225. The Morgan fingerprint density at radius 3 is 2.94 bits per heavy atom. The van der Waals surface area contributed by atoms with Crippen LogP contribution in [0.1, 0.15) is 16.5 Å². The third-order valence-electron chi connectivity index (χ3n) is 2.62. The third-order valence-corrected chi connectivity index (χ3v) is 3.34. The third kappa shape index (κ3) is 1.79. The van der Waals surface area contributed by atoms with Crippen LogP contribution in [-0.2, 0) is 0 Å². The van der Waals surface area contributed by atoms with Gasteiger partial charge in [-0.2, -0.15) is 0 Å². The zero-order chi connectivity index (χ0) is 11.7. The van der Waals surface area contributed by atoms with Crippen molar-refractivity contribution in [2.24, 2.45) is 0 Å². The monoisotopic (exact) mass is 243 g/mol. The molecule has 0 aliphatic rings. The molecule has 0 aliphatic carbocycles. The molecule has 0 aliphatic heterocycles. The molecule has 0 bridgehead atoms. The first-order chi connectivity index (χ1) is 8.36. The van der Waals surface area contributed by atoms with Gasteiger partial charge < -0.3 is 5.11 Å². The van der Waals surface area contributed by atoms with Crippen molar-refractivity contribution in [1.29, 1.82) is 0 Å². The van der Waals surface area contributed by atoms with Crippen LogP contribution >= 0.6 is 11.5 Å². The summed E-state index contributed by atoms with van der Waals surface area (Å²) in [7, 11) is 0. The van der Waals surface area contributed by atoms with E-state index in [-0.39, 0.29) is 0 Å². The minimum absolute atomic E-state index is 0.692. The zero-order valence-electron chi connectivity index (χ0n) is 8.82. The normalized spacial score (nSPS) is 12.8. The van der Waals surface area contributed by atoms with Crippen molar-refractivity contribution in [2.75, 3.05) is 0 Å². The van der Waals surface area contributed by atoms with Gasteiger partial charge in [0.2, 0.25) is 0 Å². The van der Waals surface area contributed by atoms with Crippen LogP contribution in [0.4, 0.5) is 0 Å². The molecule has 2 heterocycles. The van der Waals surface area contributed by atoms with E-state index < -0.39 is 6.10 Å². The average molecular weight is 243 g/mol. The number of aliphatic hydroxyl groups is 1. The molecule has 1 aromatic carbocycles. The summed E-state index contributed by atoms with van der Waals surface area (Å²) >= 11 is 1.20. The molecule has 4 nitrogen and oxygen atoms in total. The van der Waals surface area contributed by atoms with E-state index in [9.17, 15) is 5.11 Å². The highest BCUT2D eigenvalue weighted by atomic mass is 32.1. The molecule has 0 fully saturated rings. The maximum Gasteiger partial charge on any atom is 0.117 e. The molecule has 1 unspecified atom stereocenters. The number of pyridine rings is 1. The molecule has 0 radical (unpaired) electrons. The van der Waals surface area contributed by atoms with Gasteiger partial charge in [-0.25, -0.2) is 0 Å². The van der Waals surface area contributed by atoms with E-state index in [4.69, 9.17) is 0 Å². The number of nitrogens with zero attached hydrogens (tertiary/aromatic N) is 3. The van der Waals surface area contributed by atoms with E-state index in [0.29, 0.717) is 0 Å². The van der Waals surface area contributed by atoms with E-state index in [1.165, 1.54) is 11.5 Å². The van der Waals surface area contributed by atoms with Crippen molar-refractivity contribution in [3.63, 3.8) is 0 Å². The molecule has 0 spiro atoms. The second kappa shape index (κ2) is 4.20. The van der Waals surface area contributed by atoms with Crippen molar-refractivity contribution in [1.82, 2.24) is 14.6 Å². The molecular weight excluding hydrogens is 234 g/mol. The minimum atomic E-state index is -0.692. The van der Waals surface area contributed by atoms with Gasteiger partial charge in [0.05, 0.1) is 16.6 Å². The van der Waals surface area contributed by atoms with Crippen LogP contribution in [0.3, 0.4) is 0 Å². The van der Waals surface area contributed by atoms with Gasteiger partial charge in [0.1, 0.15) is 6.10 Å². The van der Waals surface area contributed by atoms with Crippen molar-refractivity contribution in [3.8, 4) is 0 Å². The van der Waals surface area contributed by atoms with E-state index in [2.05, 4.69) is 14.6 Å². The van der Waals surface area contributed by atoms with Crippen molar-refractivity contribution >= 4 is 22.4 Å². The minimum Gasteiger partial charge on any atom is -0.383 e. The maximum atomic E-state index is 10.3. The lowest BCUT2D eigenvalue weighted by Gasteiger charge is -2.10. The molecule has 1 atom stereocenters. The van der Waals surface area contributed by atoms with Crippen LogP contribution in [0, 0.1) is 0 Å². The summed E-state index contributed by atoms with van der Waals surface area (Å²) < 4.78 is 3.76. The molecule has 2 aromatic heterocycles. The van der Waals surface area contributed by atoms with Gasteiger partial charge in [-0.05, 0) is 29.2 Å². The van der Waals surface area contributed by atoms with Gasteiger partial charge in [0.15, 0.2) is 0 Å². The van der Waals surface area contributed by atoms with Crippen LogP contribution in [0.25, 0.3) is 10.9 Å². The van der Waals surface area contributed by atoms with Gasteiger partial charge in [-0.3, -0.25) is 4.98 Å². The van der Waals surface area contributed by atoms with Crippen LogP contribution in [-0.4, -0.2) is 19.7 Å². The number of hydrogen-bond acceptors (Lipinski definition) is 5. The molecule has 5 heteroatoms. The van der Waals surface area contributed by atoms with Gasteiger partial charge in [0, 0.05) is 11.6 Å². The van der Waals surface area contributed by atoms with Gasteiger partial charge in [-0.1, -0.05) is 22.7 Å². The fourth-order valence-corrected chi connectivity index (χ4v) is 2.32. The Morgan fingerprint density at radius 2 is 2.12 bits per heavy atom. The molecule has 84 valence electrons. The van der Waals surface area contributed by atoms with E-state index >= 15 is 0 Å². The summed E-state index contributed by atoms with van der Waals surface area (Å²) in [4.78, 5) is 5.00. The number of aromatic nitrogens is 3. The average Bonchev–Trinajstić information content (AvgIpc) is 2.91. The lowest BCUT2D eigenvalue weighted by Crippen LogP contribution is -1.98. The van der Waals surface area contributed by atoms with E-state index in [1.54, 1.807) is 12.4 Å². The topological polar surface area (TPSA) is 58.9 Å². The number of fused-ring (bicyclic) bond motifs is 1. The highest BCUT2D eigenvalue weighted by Crippen LogP contribution is 2.28. The number of hydrogen-bond donors (Lipinski definition) is 1. The number of benzene rings is 1. The first-order valence-corrected chi connectivity index (χ1v) is 5.92. The van der Waals surface area contributed by atoms with Crippen molar-refractivity contribution in [2.45, 2.75) is 6.10 Å². The molecule has 3 rings (SSSR count). The molecule has 0 amide bonds. The van der Waals surface area contributed by atoms with Crippen LogP contribution < -0.4 is 0 Å². The molecule has 3 aromatic rings. The molecular formula is C12H9N3OS. The Kier molecular flexibility index (Phi) is 2.55. The molecule has 17 heavy (non-hydrogen) atoms. The standard InChI is InChI=1S/C12H9N3OS/c16-12(11-7-14-15-17-11)9-3-1-5-10-8(9)4-2-6-13-10/h1-7,12,16H. The van der Waals surface area contributed by atoms with Crippen molar-refractivity contribution in [3.05, 3.63) is 53.2 Å². The summed E-state index contributed by atoms with van der Waals surface area (Å²) in [6.07, 6.45) is 2.64. The predicted molar refractivity (Wildman–Crippen MR) is 65.7 cm³/mol. The summed E-state index contributed by atoms with van der Waals surface area (Å²) in [6, 6.07) is 9.53. The Labute approximate surface area is 102 Å². The molecule has 1 N–H and O–H groups in total. The number of rotatable bonds is 2. The quantitative estimate of drug-likeness (QED) is 0.749. The largest absolute Gasteiger partial charge is 0.383 e. The zero-order valence-corrected chi connectivity index (χ0v) is 9.63. The Morgan fingerprint density at radius 1 is 1.18 bits per heavy atom. The summed E-state index contributed by atoms with van der Waals surface area (Å²) in [5.41, 5.74) is 1.71. The van der Waals surface area contributed by atoms with E-state index in [1.807, 2.05) is 30.3 Å². The summed E-state index contributed by atoms with van der Waals surface area (Å²) in [6.45, 7) is 0. The smallest absolute Gasteiger partial charge is 0.117 e.